The van der Waals surface area contributed by atoms with E-state index in [9.17, 15) is 23.6 Å². The minimum Gasteiger partial charge on any atom is -0.379 e. The van der Waals surface area contributed by atoms with Gasteiger partial charge in [0.15, 0.2) is 5.78 Å². The smallest absolute Gasteiger partial charge is 0.242 e. The lowest BCUT2D eigenvalue weighted by atomic mass is 9.95. The summed E-state index contributed by atoms with van der Waals surface area (Å²) in [6.45, 7) is 5.59. The Bertz CT molecular complexity index is 916. The van der Waals surface area contributed by atoms with E-state index in [4.69, 9.17) is 9.47 Å². The molecule has 0 radical (unpaired) electrons. The molecule has 186 valence electrons. The molecule has 10 nitrogen and oxygen atoms in total. The second-order valence-electron chi connectivity index (χ2n) is 8.73. The Morgan fingerprint density at radius 2 is 1.85 bits per heavy atom. The summed E-state index contributed by atoms with van der Waals surface area (Å²) < 4.78 is 24.0. The van der Waals surface area contributed by atoms with Gasteiger partial charge in [-0.3, -0.25) is 24.1 Å². The maximum Gasteiger partial charge on any atom is 0.242 e. The molecule has 3 N–H and O–H groups in total. The molecule has 0 bridgehead atoms. The van der Waals surface area contributed by atoms with Crippen LogP contribution in [0, 0.1) is 5.82 Å². The number of morpholine rings is 1. The minimum absolute atomic E-state index is 0.0865. The Hall–Kier alpha value is -2.89. The first kappa shape index (κ1) is 25.7. The number of epoxide rings is 1. The fourth-order valence-corrected chi connectivity index (χ4v) is 3.61. The SMILES string of the molecule is C[C@H](NC(=O)CN1CCOCC1)C(=O)NCC(=O)N[C@@H](Cc1cccc(F)c1)C(=O)[C@@]1(C)CO1. The van der Waals surface area contributed by atoms with Crippen molar-refractivity contribution in [3.63, 3.8) is 0 Å². The summed E-state index contributed by atoms with van der Waals surface area (Å²) in [6, 6.07) is 3.99. The zero-order valence-electron chi connectivity index (χ0n) is 19.4. The monoisotopic (exact) mass is 478 g/mol. The van der Waals surface area contributed by atoms with Gasteiger partial charge in [-0.25, -0.2) is 4.39 Å². The Morgan fingerprint density at radius 1 is 1.15 bits per heavy atom. The average Bonchev–Trinajstić information content (AvgIpc) is 3.55. The molecule has 2 heterocycles. The van der Waals surface area contributed by atoms with Gasteiger partial charge >= 0.3 is 0 Å². The summed E-state index contributed by atoms with van der Waals surface area (Å²) in [5.74, 6) is -2.18. The summed E-state index contributed by atoms with van der Waals surface area (Å²) in [6.07, 6.45) is 0.0865. The molecule has 2 aliphatic heterocycles. The van der Waals surface area contributed by atoms with E-state index < -0.39 is 35.3 Å². The number of benzene rings is 1. The number of nitrogens with one attached hydrogen (secondary N) is 3. The summed E-state index contributed by atoms with van der Waals surface area (Å²) in [7, 11) is 0. The van der Waals surface area contributed by atoms with Crippen molar-refractivity contribution in [2.24, 2.45) is 0 Å². The second kappa shape index (κ2) is 11.5. The third kappa shape index (κ3) is 7.57. The van der Waals surface area contributed by atoms with Crippen molar-refractivity contribution in [3.05, 3.63) is 35.6 Å². The van der Waals surface area contributed by atoms with E-state index in [2.05, 4.69) is 16.0 Å². The summed E-state index contributed by atoms with van der Waals surface area (Å²) in [5, 5.41) is 7.67. The third-order valence-corrected chi connectivity index (χ3v) is 5.74. The second-order valence-corrected chi connectivity index (χ2v) is 8.73. The standard InChI is InChI=1S/C23H31FN4O6/c1-15(26-20(30)13-28-6-8-33-9-7-28)22(32)25-12-19(29)27-18(21(31)23(2)14-34-23)11-16-4-3-5-17(24)10-16/h3-5,10,15,18H,6-9,11-14H2,1-2H3,(H,25,32)(H,26,30)(H,27,29)/t15-,18-,23+/m0/s1. The largest absolute Gasteiger partial charge is 0.379 e. The number of ether oxygens (including phenoxy) is 2. The van der Waals surface area contributed by atoms with Gasteiger partial charge in [-0.05, 0) is 38.0 Å². The highest BCUT2D eigenvalue weighted by Crippen LogP contribution is 2.29. The molecular formula is C23H31FN4O6. The number of hydrogen-bond acceptors (Lipinski definition) is 7. The topological polar surface area (TPSA) is 129 Å². The highest BCUT2D eigenvalue weighted by Gasteiger charge is 2.50. The van der Waals surface area contributed by atoms with Crippen molar-refractivity contribution >= 4 is 23.5 Å². The number of nitrogens with zero attached hydrogens (tertiary/aromatic N) is 1. The van der Waals surface area contributed by atoms with Crippen LogP contribution in [-0.4, -0.2) is 92.1 Å². The van der Waals surface area contributed by atoms with Crippen LogP contribution in [0.1, 0.15) is 19.4 Å². The van der Waals surface area contributed by atoms with Gasteiger partial charge in [0.05, 0.1) is 39.0 Å². The number of Topliss-reactive ketones (excluding diaryl/α,β-unsaturated/α-hetero) is 1. The molecule has 1 aromatic rings. The zero-order chi connectivity index (χ0) is 24.7. The number of carbonyl (C=O) groups excluding carboxylic acids is 4. The predicted molar refractivity (Wildman–Crippen MR) is 119 cm³/mol. The van der Waals surface area contributed by atoms with Gasteiger partial charge in [-0.2, -0.15) is 0 Å². The Morgan fingerprint density at radius 3 is 2.50 bits per heavy atom. The van der Waals surface area contributed by atoms with Gasteiger partial charge in [-0.15, -0.1) is 0 Å². The Labute approximate surface area is 197 Å². The molecule has 3 rings (SSSR count). The van der Waals surface area contributed by atoms with Gasteiger partial charge in [-0.1, -0.05) is 12.1 Å². The van der Waals surface area contributed by atoms with Crippen molar-refractivity contribution in [3.8, 4) is 0 Å². The van der Waals surface area contributed by atoms with Crippen LogP contribution >= 0.6 is 0 Å². The summed E-state index contributed by atoms with van der Waals surface area (Å²) >= 11 is 0. The summed E-state index contributed by atoms with van der Waals surface area (Å²) in [5.41, 5.74) is -0.433. The van der Waals surface area contributed by atoms with Crippen molar-refractivity contribution in [1.29, 1.82) is 0 Å². The molecule has 0 saturated carbocycles. The first-order valence-electron chi connectivity index (χ1n) is 11.3. The minimum atomic E-state index is -0.978. The fourth-order valence-electron chi connectivity index (χ4n) is 3.61. The van der Waals surface area contributed by atoms with Crippen LogP contribution in [0.15, 0.2) is 24.3 Å². The van der Waals surface area contributed by atoms with Crippen molar-refractivity contribution in [2.75, 3.05) is 46.0 Å². The third-order valence-electron chi connectivity index (χ3n) is 5.74. The number of hydrogen-bond donors (Lipinski definition) is 3. The van der Waals surface area contributed by atoms with E-state index in [1.54, 1.807) is 13.0 Å². The van der Waals surface area contributed by atoms with Gasteiger partial charge in [0.2, 0.25) is 17.7 Å². The predicted octanol–water partition coefficient (Wildman–Crippen LogP) is -0.836. The molecule has 2 saturated heterocycles. The fraction of sp³-hybridized carbons (Fsp3) is 0.565. The quantitative estimate of drug-likeness (QED) is 0.354. The van der Waals surface area contributed by atoms with Gasteiger partial charge in [0.1, 0.15) is 17.5 Å². The maximum absolute atomic E-state index is 13.6. The molecule has 0 aromatic heterocycles. The highest BCUT2D eigenvalue weighted by atomic mass is 19.1. The van der Waals surface area contributed by atoms with E-state index in [1.165, 1.54) is 25.1 Å². The number of carbonyl (C=O) groups is 4. The lowest BCUT2D eigenvalue weighted by Crippen LogP contribution is -2.53. The number of amides is 3. The normalized spacial score (nSPS) is 21.7. The maximum atomic E-state index is 13.6. The lowest BCUT2D eigenvalue weighted by Gasteiger charge is -2.26. The van der Waals surface area contributed by atoms with Gasteiger partial charge in [0, 0.05) is 13.1 Å². The molecule has 2 aliphatic rings. The first-order valence-corrected chi connectivity index (χ1v) is 11.3. The van der Waals surface area contributed by atoms with Crippen LogP contribution in [0.2, 0.25) is 0 Å². The van der Waals surface area contributed by atoms with Gasteiger partial charge < -0.3 is 25.4 Å². The highest BCUT2D eigenvalue weighted by molar-refractivity contribution is 5.97. The molecule has 0 aliphatic carbocycles. The zero-order valence-corrected chi connectivity index (χ0v) is 19.4. The van der Waals surface area contributed by atoms with E-state index in [0.717, 1.165) is 0 Å². The van der Waals surface area contributed by atoms with Crippen LogP contribution in [0.25, 0.3) is 0 Å². The number of ketones is 1. The van der Waals surface area contributed by atoms with Gasteiger partial charge in [0.25, 0.3) is 0 Å². The van der Waals surface area contributed by atoms with Crippen LogP contribution in [-0.2, 0) is 35.1 Å². The van der Waals surface area contributed by atoms with E-state index in [0.29, 0.717) is 31.9 Å². The van der Waals surface area contributed by atoms with E-state index >= 15 is 0 Å². The van der Waals surface area contributed by atoms with Crippen LogP contribution in [0.3, 0.4) is 0 Å². The molecule has 2 fully saturated rings. The average molecular weight is 479 g/mol. The number of halogens is 1. The van der Waals surface area contributed by atoms with Crippen molar-refractivity contribution in [2.45, 2.75) is 38.0 Å². The number of rotatable bonds is 11. The molecule has 3 amide bonds. The summed E-state index contributed by atoms with van der Waals surface area (Å²) in [4.78, 5) is 51.7. The molecule has 1 aromatic carbocycles. The van der Waals surface area contributed by atoms with Crippen LogP contribution in [0.5, 0.6) is 0 Å². The molecule has 11 heteroatoms. The molecule has 34 heavy (non-hydrogen) atoms. The van der Waals surface area contributed by atoms with E-state index in [-0.39, 0.29) is 37.8 Å². The molecule has 0 unspecified atom stereocenters. The first-order chi connectivity index (χ1) is 16.2. The van der Waals surface area contributed by atoms with Crippen molar-refractivity contribution < 1.29 is 33.0 Å². The van der Waals surface area contributed by atoms with E-state index in [1.807, 2.05) is 4.90 Å². The van der Waals surface area contributed by atoms with Crippen molar-refractivity contribution in [1.82, 2.24) is 20.9 Å². The Kier molecular flexibility index (Phi) is 8.70. The molecule has 0 spiro atoms. The van der Waals surface area contributed by atoms with Crippen LogP contribution < -0.4 is 16.0 Å². The Balaban J connectivity index is 1.47. The molecular weight excluding hydrogens is 447 g/mol. The molecule has 3 atom stereocenters. The van der Waals surface area contributed by atoms with Crippen LogP contribution in [0.4, 0.5) is 4.39 Å². The lowest BCUT2D eigenvalue weighted by molar-refractivity contribution is -0.132.